The number of amides is 1. The minimum absolute atomic E-state index is 0.228. The summed E-state index contributed by atoms with van der Waals surface area (Å²) < 4.78 is 23.0. The van der Waals surface area contributed by atoms with E-state index in [4.69, 9.17) is 18.9 Å². The van der Waals surface area contributed by atoms with Gasteiger partial charge in [-0.15, -0.1) is 0 Å². The Bertz CT molecular complexity index is 1690. The lowest BCUT2D eigenvalue weighted by atomic mass is 9.97. The molecule has 12 atom stereocenters. The molecule has 2 fully saturated rings. The van der Waals surface area contributed by atoms with Crippen molar-refractivity contribution in [3.05, 3.63) is 12.2 Å². The highest BCUT2D eigenvalue weighted by Gasteiger charge is 2.51. The molecule has 0 aromatic carbocycles. The van der Waals surface area contributed by atoms with Gasteiger partial charge in [0.05, 0.1) is 32.0 Å². The average Bonchev–Trinajstić information content (AvgIpc) is 0.792. The van der Waals surface area contributed by atoms with E-state index in [9.17, 15) is 45.6 Å². The van der Waals surface area contributed by atoms with E-state index in [0.29, 0.717) is 0 Å². The van der Waals surface area contributed by atoms with Gasteiger partial charge in [0.15, 0.2) is 12.6 Å². The molecule has 0 saturated carbocycles. The van der Waals surface area contributed by atoms with Crippen molar-refractivity contribution in [1.29, 1.82) is 0 Å². The van der Waals surface area contributed by atoms with Crippen LogP contribution in [0.4, 0.5) is 0 Å². The van der Waals surface area contributed by atoms with Crippen LogP contribution >= 0.6 is 0 Å². The highest BCUT2D eigenvalue weighted by atomic mass is 16.7. The molecule has 0 aromatic heterocycles. The Balaban J connectivity index is 1.59. The molecule has 98 heavy (non-hydrogen) atoms. The topological polar surface area (TPSA) is 228 Å². The van der Waals surface area contributed by atoms with Gasteiger partial charge in [0.2, 0.25) is 5.91 Å². The summed E-state index contributed by atoms with van der Waals surface area (Å²) in [4.78, 5) is 13.4. The Morgan fingerprint density at radius 1 is 0.357 bits per heavy atom. The van der Waals surface area contributed by atoms with Crippen LogP contribution in [0.15, 0.2) is 12.2 Å². The zero-order valence-electron chi connectivity index (χ0n) is 64.1. The van der Waals surface area contributed by atoms with Crippen LogP contribution in [0.2, 0.25) is 0 Å². The molecule has 1 amide bonds. The fraction of sp³-hybridized carbons (Fsp3) is 0.964. The number of hydrogen-bond donors (Lipinski definition) is 9. The number of carbonyl (C=O) groups is 1. The van der Waals surface area contributed by atoms with Gasteiger partial charge in [-0.05, 0) is 19.3 Å². The van der Waals surface area contributed by atoms with Crippen molar-refractivity contribution >= 4 is 5.91 Å². The van der Waals surface area contributed by atoms with Crippen LogP contribution in [0.25, 0.3) is 0 Å². The molecule has 2 saturated heterocycles. The maximum Gasteiger partial charge on any atom is 0.220 e. The second-order valence-corrected chi connectivity index (χ2v) is 30.7. The number of carbonyl (C=O) groups excluding carboxylic acids is 1. The zero-order valence-corrected chi connectivity index (χ0v) is 64.1. The number of hydrogen-bond acceptors (Lipinski definition) is 13. The fourth-order valence-electron chi connectivity index (χ4n) is 14.7. The van der Waals surface area contributed by atoms with Gasteiger partial charge < -0.3 is 65.1 Å². The van der Waals surface area contributed by atoms with Gasteiger partial charge >= 0.3 is 0 Å². The summed E-state index contributed by atoms with van der Waals surface area (Å²) in [6.45, 7) is 2.89. The zero-order chi connectivity index (χ0) is 70.8. The first-order valence-electron chi connectivity index (χ1n) is 42.9. The van der Waals surface area contributed by atoms with Crippen LogP contribution < -0.4 is 5.32 Å². The van der Waals surface area contributed by atoms with Crippen LogP contribution in [0, 0.1) is 0 Å². The number of unbranched alkanes of at least 4 members (excludes halogenated alkanes) is 61. The molecule has 582 valence electrons. The van der Waals surface area contributed by atoms with Gasteiger partial charge in [-0.1, -0.05) is 411 Å². The Morgan fingerprint density at radius 2 is 0.633 bits per heavy atom. The summed E-state index contributed by atoms with van der Waals surface area (Å²) in [5, 5.41) is 87.8. The first-order chi connectivity index (χ1) is 48.1. The van der Waals surface area contributed by atoms with E-state index < -0.39 is 86.8 Å². The third kappa shape index (κ3) is 51.0. The lowest BCUT2D eigenvalue weighted by molar-refractivity contribution is -0.359. The number of nitrogens with one attached hydrogen (secondary N) is 1. The summed E-state index contributed by atoms with van der Waals surface area (Å²) in [6.07, 6.45) is 71.8. The van der Waals surface area contributed by atoms with Gasteiger partial charge in [0.25, 0.3) is 0 Å². The Labute approximate surface area is 603 Å². The van der Waals surface area contributed by atoms with Crippen LogP contribution in [-0.4, -0.2) is 140 Å². The highest BCUT2D eigenvalue weighted by molar-refractivity contribution is 5.76. The molecule has 2 aliphatic rings. The third-order valence-corrected chi connectivity index (χ3v) is 21.5. The first kappa shape index (κ1) is 92.8. The van der Waals surface area contributed by atoms with E-state index in [0.717, 1.165) is 44.9 Å². The molecule has 2 rings (SSSR count). The Kier molecular flexibility index (Phi) is 65.2. The fourth-order valence-corrected chi connectivity index (χ4v) is 14.7. The second-order valence-electron chi connectivity index (χ2n) is 30.7. The standard InChI is InChI=1S/C84H163NO13/c1-3-5-7-9-11-13-15-17-19-21-23-25-27-29-31-33-35-37-39-41-43-45-47-49-51-53-55-57-59-61-63-65-67-73(88)72(71-95-83-81(94)79(92)82(75(70-87)97-83)98-84-80(93)78(91)77(90)74(69-86)96-84)85-76(89)68-66-64-62-60-58-56-54-52-50-48-46-44-42-40-38-36-34-32-30-28-26-24-22-20-18-16-14-12-10-8-6-4-2/h65,67,72-75,77-84,86-88,90-94H,3-64,66,68-71H2,1-2H3,(H,85,89)/b67-65+. The van der Waals surface area contributed by atoms with E-state index in [2.05, 4.69) is 19.2 Å². The predicted octanol–water partition coefficient (Wildman–Crippen LogP) is 20.0. The van der Waals surface area contributed by atoms with Crippen LogP contribution in [0.5, 0.6) is 0 Å². The number of ether oxygens (including phenoxy) is 4. The van der Waals surface area contributed by atoms with Crippen molar-refractivity contribution in [2.24, 2.45) is 0 Å². The van der Waals surface area contributed by atoms with Crippen molar-refractivity contribution in [3.63, 3.8) is 0 Å². The molecule has 14 nitrogen and oxygen atoms in total. The van der Waals surface area contributed by atoms with E-state index in [1.807, 2.05) is 6.08 Å². The van der Waals surface area contributed by atoms with Gasteiger partial charge in [-0.2, -0.15) is 0 Å². The first-order valence-corrected chi connectivity index (χ1v) is 42.9. The van der Waals surface area contributed by atoms with E-state index in [-0.39, 0.29) is 18.9 Å². The maximum absolute atomic E-state index is 13.4. The molecule has 0 spiro atoms. The van der Waals surface area contributed by atoms with Crippen molar-refractivity contribution < 1.29 is 64.6 Å². The summed E-state index contributed by atoms with van der Waals surface area (Å²) in [5.74, 6) is -0.228. The van der Waals surface area contributed by atoms with Gasteiger partial charge in [0.1, 0.15) is 48.8 Å². The number of rotatable bonds is 74. The minimum Gasteiger partial charge on any atom is -0.394 e. The normalized spacial score (nSPS) is 22.0. The summed E-state index contributed by atoms with van der Waals surface area (Å²) in [5.41, 5.74) is 0. The molecule has 12 unspecified atom stereocenters. The van der Waals surface area contributed by atoms with Crippen molar-refractivity contribution in [2.45, 2.75) is 498 Å². The summed E-state index contributed by atoms with van der Waals surface area (Å²) >= 11 is 0. The molecule has 0 radical (unpaired) electrons. The smallest absolute Gasteiger partial charge is 0.220 e. The number of aliphatic hydroxyl groups is 8. The molecule has 14 heteroatoms. The number of allylic oxidation sites excluding steroid dienone is 1. The van der Waals surface area contributed by atoms with Gasteiger partial charge in [0, 0.05) is 6.42 Å². The average molecular weight is 1400 g/mol. The summed E-state index contributed by atoms with van der Waals surface area (Å²) in [7, 11) is 0. The Hall–Kier alpha value is -1.27. The molecule has 9 N–H and O–H groups in total. The maximum atomic E-state index is 13.4. The second kappa shape index (κ2) is 68.8. The van der Waals surface area contributed by atoms with Crippen molar-refractivity contribution in [3.8, 4) is 0 Å². The highest BCUT2D eigenvalue weighted by Crippen LogP contribution is 2.31. The molecular weight excluding hydrogens is 1230 g/mol. The summed E-state index contributed by atoms with van der Waals surface area (Å²) in [6, 6.07) is -0.913. The molecule has 0 bridgehead atoms. The van der Waals surface area contributed by atoms with Crippen molar-refractivity contribution in [1.82, 2.24) is 5.32 Å². The van der Waals surface area contributed by atoms with E-state index in [1.165, 1.54) is 360 Å². The monoisotopic (exact) mass is 1390 g/mol. The van der Waals surface area contributed by atoms with Crippen molar-refractivity contribution in [2.75, 3.05) is 19.8 Å². The molecule has 2 aliphatic heterocycles. The predicted molar refractivity (Wildman–Crippen MR) is 406 cm³/mol. The SMILES string of the molecule is CCCCCCCCCCCCCCCCCCCCCCCCCCCCCCCC/C=C/C(O)C(COC1OC(CO)C(OC2OC(CO)C(O)C(O)C2O)C(O)C1O)NC(=O)CCCCCCCCCCCCCCCCCCCCCCCCCCCCCCCCCC. The quantitative estimate of drug-likeness (QED) is 0.0204. The number of aliphatic hydroxyl groups excluding tert-OH is 8. The molecule has 0 aromatic rings. The lowest BCUT2D eigenvalue weighted by Gasteiger charge is -2.46. The van der Waals surface area contributed by atoms with E-state index >= 15 is 0 Å². The molecular formula is C84H163NO13. The van der Waals surface area contributed by atoms with Crippen LogP contribution in [-0.2, 0) is 23.7 Å². The lowest BCUT2D eigenvalue weighted by Crippen LogP contribution is -2.65. The van der Waals surface area contributed by atoms with Crippen LogP contribution in [0.3, 0.4) is 0 Å². The molecule has 0 aliphatic carbocycles. The molecule has 2 heterocycles. The van der Waals surface area contributed by atoms with E-state index in [1.54, 1.807) is 6.08 Å². The minimum atomic E-state index is -1.79. The largest absolute Gasteiger partial charge is 0.394 e. The van der Waals surface area contributed by atoms with Gasteiger partial charge in [-0.3, -0.25) is 4.79 Å². The van der Waals surface area contributed by atoms with Gasteiger partial charge in [-0.25, -0.2) is 0 Å². The Morgan fingerprint density at radius 3 is 0.939 bits per heavy atom. The van der Waals surface area contributed by atoms with Crippen LogP contribution in [0.1, 0.15) is 425 Å². The third-order valence-electron chi connectivity index (χ3n) is 21.5.